The van der Waals surface area contributed by atoms with Crippen LogP contribution in [0.2, 0.25) is 0 Å². The highest BCUT2D eigenvalue weighted by molar-refractivity contribution is 5.94. The van der Waals surface area contributed by atoms with Gasteiger partial charge in [0.05, 0.1) is 0 Å². The Kier molecular flexibility index (Phi) is 3.71. The topological polar surface area (TPSA) is 57.0 Å². The highest BCUT2D eigenvalue weighted by Crippen LogP contribution is 2.13. The van der Waals surface area contributed by atoms with Gasteiger partial charge in [0.1, 0.15) is 11.8 Å². The number of hydrogen-bond donors (Lipinski definition) is 0. The molecule has 0 atom stereocenters. The van der Waals surface area contributed by atoms with Crippen LogP contribution < -0.4 is 0 Å². The fraction of sp³-hybridized carbons (Fsp3) is 0.462. The van der Waals surface area contributed by atoms with E-state index in [1.165, 1.54) is 19.0 Å². The van der Waals surface area contributed by atoms with E-state index in [1.807, 2.05) is 11.0 Å². The van der Waals surface area contributed by atoms with Crippen molar-refractivity contribution in [1.29, 1.82) is 5.26 Å². The van der Waals surface area contributed by atoms with Gasteiger partial charge >= 0.3 is 0 Å². The van der Waals surface area contributed by atoms with Crippen LogP contribution in [0, 0.1) is 11.3 Å². The molecular formula is C13H15N3O. The first-order valence-corrected chi connectivity index (χ1v) is 5.96. The van der Waals surface area contributed by atoms with Crippen LogP contribution in [-0.2, 0) is 0 Å². The Morgan fingerprint density at radius 3 is 2.65 bits per heavy atom. The molecule has 88 valence electrons. The number of pyridine rings is 1. The minimum Gasteiger partial charge on any atom is -0.339 e. The lowest BCUT2D eigenvalue weighted by atomic mass is 10.2. The minimum absolute atomic E-state index is 0.0193. The Labute approximate surface area is 101 Å². The third kappa shape index (κ3) is 2.82. The van der Waals surface area contributed by atoms with Crippen molar-refractivity contribution in [2.75, 3.05) is 13.1 Å². The second kappa shape index (κ2) is 5.44. The summed E-state index contributed by atoms with van der Waals surface area (Å²) in [5.41, 5.74) is 0.865. The van der Waals surface area contributed by atoms with E-state index in [1.54, 1.807) is 12.1 Å². The van der Waals surface area contributed by atoms with Gasteiger partial charge in [-0.15, -0.1) is 0 Å². The first-order valence-electron chi connectivity index (χ1n) is 5.96. The Balaban J connectivity index is 2.15. The fourth-order valence-electron chi connectivity index (χ4n) is 2.08. The molecule has 4 heteroatoms. The average molecular weight is 229 g/mol. The summed E-state index contributed by atoms with van der Waals surface area (Å²) in [4.78, 5) is 18.0. The predicted molar refractivity (Wildman–Crippen MR) is 63.3 cm³/mol. The van der Waals surface area contributed by atoms with E-state index in [-0.39, 0.29) is 5.91 Å². The molecule has 0 radical (unpaired) electrons. The van der Waals surface area contributed by atoms with Crippen molar-refractivity contribution in [1.82, 2.24) is 9.88 Å². The van der Waals surface area contributed by atoms with Crippen molar-refractivity contribution in [3.8, 4) is 6.07 Å². The summed E-state index contributed by atoms with van der Waals surface area (Å²) in [7, 11) is 0. The van der Waals surface area contributed by atoms with Gasteiger partial charge in [-0.05, 0) is 25.0 Å². The van der Waals surface area contributed by atoms with E-state index in [0.717, 1.165) is 25.9 Å². The molecule has 0 N–H and O–H groups in total. The molecule has 1 aromatic heterocycles. The van der Waals surface area contributed by atoms with E-state index in [4.69, 9.17) is 5.26 Å². The maximum absolute atomic E-state index is 12.2. The van der Waals surface area contributed by atoms with Crippen molar-refractivity contribution in [2.45, 2.75) is 25.7 Å². The molecule has 0 aliphatic carbocycles. The lowest BCUT2D eigenvalue weighted by Gasteiger charge is -2.20. The van der Waals surface area contributed by atoms with Gasteiger partial charge < -0.3 is 4.90 Å². The summed E-state index contributed by atoms with van der Waals surface area (Å²) >= 11 is 0. The zero-order valence-electron chi connectivity index (χ0n) is 9.72. The van der Waals surface area contributed by atoms with Crippen molar-refractivity contribution in [2.24, 2.45) is 0 Å². The maximum Gasteiger partial charge on any atom is 0.254 e. The van der Waals surface area contributed by atoms with Crippen LogP contribution >= 0.6 is 0 Å². The van der Waals surface area contributed by atoms with Gasteiger partial charge in [0, 0.05) is 24.8 Å². The number of carbonyl (C=O) groups is 1. The molecule has 2 heterocycles. The molecule has 2 rings (SSSR count). The molecular weight excluding hydrogens is 214 g/mol. The summed E-state index contributed by atoms with van der Waals surface area (Å²) in [6, 6.07) is 5.19. The van der Waals surface area contributed by atoms with E-state index in [9.17, 15) is 4.79 Å². The summed E-state index contributed by atoms with van der Waals surface area (Å²) in [5, 5.41) is 8.76. The highest BCUT2D eigenvalue weighted by Gasteiger charge is 2.17. The average Bonchev–Trinajstić information content (AvgIpc) is 2.67. The van der Waals surface area contributed by atoms with Gasteiger partial charge in [0.2, 0.25) is 0 Å². The van der Waals surface area contributed by atoms with Crippen LogP contribution in [0.15, 0.2) is 18.3 Å². The molecule has 0 saturated carbocycles. The summed E-state index contributed by atoms with van der Waals surface area (Å²) < 4.78 is 0. The number of hydrogen-bond acceptors (Lipinski definition) is 3. The molecule has 1 saturated heterocycles. The maximum atomic E-state index is 12.2. The van der Waals surface area contributed by atoms with Crippen LogP contribution in [0.1, 0.15) is 41.7 Å². The van der Waals surface area contributed by atoms with Crippen molar-refractivity contribution in [3.05, 3.63) is 29.6 Å². The summed E-state index contributed by atoms with van der Waals surface area (Å²) in [5.74, 6) is 0.0193. The highest BCUT2D eigenvalue weighted by atomic mass is 16.2. The zero-order valence-corrected chi connectivity index (χ0v) is 9.72. The standard InChI is InChI=1S/C13H15N3O/c14-10-12-9-11(5-6-15-12)13(17)16-7-3-1-2-4-8-16/h5-6,9H,1-4,7-8H2. The van der Waals surface area contributed by atoms with E-state index in [2.05, 4.69) is 4.98 Å². The Hall–Kier alpha value is -1.89. The van der Waals surface area contributed by atoms with Gasteiger partial charge in [-0.25, -0.2) is 4.98 Å². The molecule has 1 aromatic rings. The number of carbonyl (C=O) groups excluding carboxylic acids is 1. The van der Waals surface area contributed by atoms with E-state index in [0.29, 0.717) is 11.3 Å². The second-order valence-electron chi connectivity index (χ2n) is 4.25. The van der Waals surface area contributed by atoms with Crippen LogP contribution in [0.3, 0.4) is 0 Å². The molecule has 0 spiro atoms. The van der Waals surface area contributed by atoms with Gasteiger partial charge in [-0.3, -0.25) is 4.79 Å². The number of likely N-dealkylation sites (tertiary alicyclic amines) is 1. The third-order valence-corrected chi connectivity index (χ3v) is 3.01. The normalized spacial score (nSPS) is 16.1. The smallest absolute Gasteiger partial charge is 0.254 e. The lowest BCUT2D eigenvalue weighted by Crippen LogP contribution is -2.31. The Morgan fingerprint density at radius 2 is 2.00 bits per heavy atom. The monoisotopic (exact) mass is 229 g/mol. The van der Waals surface area contributed by atoms with Gasteiger partial charge in [-0.1, -0.05) is 12.8 Å². The number of nitrogens with zero attached hydrogens (tertiary/aromatic N) is 3. The van der Waals surface area contributed by atoms with Crippen LogP contribution in [0.5, 0.6) is 0 Å². The number of amides is 1. The number of rotatable bonds is 1. The molecule has 1 amide bonds. The van der Waals surface area contributed by atoms with Crippen LogP contribution in [-0.4, -0.2) is 28.9 Å². The first kappa shape index (κ1) is 11.6. The molecule has 1 aliphatic rings. The SMILES string of the molecule is N#Cc1cc(C(=O)N2CCCCCC2)ccn1. The minimum atomic E-state index is 0.0193. The Bertz CT molecular complexity index is 442. The second-order valence-corrected chi connectivity index (χ2v) is 4.25. The van der Waals surface area contributed by atoms with Crippen LogP contribution in [0.4, 0.5) is 0 Å². The van der Waals surface area contributed by atoms with Gasteiger partial charge in [0.15, 0.2) is 0 Å². The molecule has 1 aliphatic heterocycles. The predicted octanol–water partition coefficient (Wildman–Crippen LogP) is 1.97. The van der Waals surface area contributed by atoms with Gasteiger partial charge in [0.25, 0.3) is 5.91 Å². The third-order valence-electron chi connectivity index (χ3n) is 3.01. The number of nitriles is 1. The van der Waals surface area contributed by atoms with Crippen LogP contribution in [0.25, 0.3) is 0 Å². The number of aromatic nitrogens is 1. The van der Waals surface area contributed by atoms with Crippen molar-refractivity contribution >= 4 is 5.91 Å². The quantitative estimate of drug-likeness (QED) is 0.739. The largest absolute Gasteiger partial charge is 0.339 e. The molecule has 4 nitrogen and oxygen atoms in total. The lowest BCUT2D eigenvalue weighted by molar-refractivity contribution is 0.0761. The zero-order chi connectivity index (χ0) is 12.1. The van der Waals surface area contributed by atoms with Gasteiger partial charge in [-0.2, -0.15) is 5.26 Å². The summed E-state index contributed by atoms with van der Waals surface area (Å²) in [6.07, 6.45) is 6.06. The molecule has 1 fully saturated rings. The molecule has 17 heavy (non-hydrogen) atoms. The Morgan fingerprint density at radius 1 is 1.29 bits per heavy atom. The van der Waals surface area contributed by atoms with E-state index < -0.39 is 0 Å². The van der Waals surface area contributed by atoms with Crippen molar-refractivity contribution in [3.63, 3.8) is 0 Å². The fourth-order valence-corrected chi connectivity index (χ4v) is 2.08. The molecule has 0 bridgehead atoms. The summed E-state index contributed by atoms with van der Waals surface area (Å²) in [6.45, 7) is 1.64. The molecule has 0 unspecified atom stereocenters. The van der Waals surface area contributed by atoms with E-state index >= 15 is 0 Å². The van der Waals surface area contributed by atoms with Crippen molar-refractivity contribution < 1.29 is 4.79 Å². The first-order chi connectivity index (χ1) is 8.31. The molecule has 0 aromatic carbocycles.